The number of allylic oxidation sites excluding steroid dienone is 4. The molecule has 20 rings (SSSR count). The molecule has 0 amide bonds. The van der Waals surface area contributed by atoms with E-state index in [4.69, 9.17) is 0 Å². The Bertz CT molecular complexity index is 5290. The van der Waals surface area contributed by atoms with Crippen LogP contribution in [0, 0.1) is 0 Å². The van der Waals surface area contributed by atoms with Gasteiger partial charge in [0.1, 0.15) is 0 Å². The van der Waals surface area contributed by atoms with Gasteiger partial charge >= 0.3 is 0 Å². The van der Waals surface area contributed by atoms with Gasteiger partial charge in [-0.25, -0.2) is 4.98 Å². The van der Waals surface area contributed by atoms with Gasteiger partial charge in [0.2, 0.25) is 0 Å². The molecule has 496 valence electrons. The molecule has 1 aliphatic heterocycles. The summed E-state index contributed by atoms with van der Waals surface area (Å²) in [5.74, 6) is 0.598. The molecule has 16 aromatic carbocycles. The first-order valence-electron chi connectivity index (χ1n) is 35.6. The molecule has 1 aromatic heterocycles. The number of likely N-dealkylation sites (N-methyl/N-ethyl adjacent to an activating group) is 1. The third kappa shape index (κ3) is 14.2. The highest BCUT2D eigenvalue weighted by molar-refractivity contribution is 6.25. The van der Waals surface area contributed by atoms with E-state index in [2.05, 4.69) is 386 Å². The topological polar surface area (TPSA) is 22.6 Å². The first-order chi connectivity index (χ1) is 50.8. The zero-order valence-electron chi connectivity index (χ0n) is 58.3. The zero-order valence-corrected chi connectivity index (χ0v) is 58.3. The van der Waals surface area contributed by atoms with E-state index in [9.17, 15) is 0 Å². The summed E-state index contributed by atoms with van der Waals surface area (Å²) >= 11 is 0. The largest absolute Gasteiger partial charge is 0.347 e. The van der Waals surface area contributed by atoms with Crippen molar-refractivity contribution in [2.24, 2.45) is 0 Å². The number of pyridine rings is 1. The Morgan fingerprint density at radius 3 is 1.09 bits per heavy atom. The Morgan fingerprint density at radius 1 is 0.311 bits per heavy atom. The summed E-state index contributed by atoms with van der Waals surface area (Å²) in [6.07, 6.45) is 7.79. The van der Waals surface area contributed by atoms with Crippen LogP contribution >= 0.6 is 0 Å². The van der Waals surface area contributed by atoms with Crippen molar-refractivity contribution < 1.29 is 0 Å². The van der Waals surface area contributed by atoms with Gasteiger partial charge in [0, 0.05) is 74.7 Å². The third-order valence-corrected chi connectivity index (χ3v) is 19.8. The van der Waals surface area contributed by atoms with E-state index < -0.39 is 0 Å². The monoisotopic (exact) mass is 1320 g/mol. The molecule has 0 spiro atoms. The third-order valence-electron chi connectivity index (χ3n) is 19.8. The molecule has 4 nitrogen and oxygen atoms in total. The van der Waals surface area contributed by atoms with E-state index >= 15 is 0 Å². The summed E-state index contributed by atoms with van der Waals surface area (Å²) in [7, 11) is 2.16. The maximum Gasteiger partial charge on any atom is 0.0709 e. The second-order valence-electron chi connectivity index (χ2n) is 26.5. The summed E-state index contributed by atoms with van der Waals surface area (Å²) in [5.41, 5.74) is 19.3. The number of para-hydroxylation sites is 8. The van der Waals surface area contributed by atoms with Crippen LogP contribution < -0.4 is 14.7 Å². The van der Waals surface area contributed by atoms with Gasteiger partial charge in [-0.15, -0.1) is 0 Å². The van der Waals surface area contributed by atoms with Gasteiger partial charge in [-0.1, -0.05) is 323 Å². The van der Waals surface area contributed by atoms with E-state index in [0.29, 0.717) is 5.92 Å². The number of anilines is 7. The van der Waals surface area contributed by atoms with Crippen molar-refractivity contribution in [2.45, 2.75) is 31.6 Å². The minimum absolute atomic E-state index is 0.160. The Kier molecular flexibility index (Phi) is 19.7. The zero-order chi connectivity index (χ0) is 69.7. The number of nitrogens with zero attached hydrogens (tertiary/aromatic N) is 4. The lowest BCUT2D eigenvalue weighted by atomic mass is 9.82. The van der Waals surface area contributed by atoms with Crippen molar-refractivity contribution in [1.29, 1.82) is 0 Å². The molecule has 0 saturated carbocycles. The van der Waals surface area contributed by atoms with Crippen LogP contribution in [0.5, 0.6) is 0 Å². The Labute approximate surface area is 605 Å². The normalized spacial score (nSPS) is 13.1. The van der Waals surface area contributed by atoms with E-state index in [0.717, 1.165) is 28.8 Å². The maximum absolute atomic E-state index is 4.58. The second kappa shape index (κ2) is 30.7. The molecule has 4 heteroatoms. The minimum atomic E-state index is 0.160. The molecule has 0 radical (unpaired) electrons. The van der Waals surface area contributed by atoms with Gasteiger partial charge in [-0.2, -0.15) is 0 Å². The molecule has 0 N–H and O–H groups in total. The van der Waals surface area contributed by atoms with E-state index in [-0.39, 0.29) is 5.41 Å². The van der Waals surface area contributed by atoms with Crippen molar-refractivity contribution in [3.05, 3.63) is 435 Å². The van der Waals surface area contributed by atoms with Gasteiger partial charge < -0.3 is 14.7 Å². The highest BCUT2D eigenvalue weighted by Crippen LogP contribution is 2.49. The number of aromatic nitrogens is 1. The predicted molar refractivity (Wildman–Crippen MR) is 441 cm³/mol. The number of benzene rings is 16. The molecule has 2 aliphatic carbocycles. The predicted octanol–water partition coefficient (Wildman–Crippen LogP) is 27.1. The summed E-state index contributed by atoms with van der Waals surface area (Å²) in [4.78, 5) is 11.4. The first kappa shape index (κ1) is 66.0. The van der Waals surface area contributed by atoms with E-state index in [1.165, 1.54) is 116 Å². The molecule has 3 aliphatic rings. The number of rotatable bonds is 6. The molecule has 2 heterocycles. The summed E-state index contributed by atoms with van der Waals surface area (Å²) in [6.45, 7) is 4.61. The van der Waals surface area contributed by atoms with E-state index in [1.807, 2.05) is 66.7 Å². The smallest absolute Gasteiger partial charge is 0.0709 e. The lowest BCUT2D eigenvalue weighted by Gasteiger charge is -2.25. The molecule has 0 fully saturated rings. The first-order valence-corrected chi connectivity index (χ1v) is 35.6. The number of hydrogen-bond acceptors (Lipinski definition) is 4. The fourth-order valence-corrected chi connectivity index (χ4v) is 14.8. The SMILES string of the molecule is CC1(C)c2ccccc2-c2ccccc21.CN1C2=CC=CCC2c2ccccc21.c1ccc(N(c2ccccc2)c2ccc3ccccc3c2)cc1.c1ccc(N(c2ccccc2)c2ccccc2)cc1.c1ccc2c(c1)c1ccccc1c1ccccc21.c1ccc2nc3ccccc3cc2c1. The van der Waals surface area contributed by atoms with Crippen molar-refractivity contribution in [2.75, 3.05) is 21.7 Å². The number of fused-ring (bicyclic) bond motifs is 15. The standard InChI is InChI=1S/C22H17N.C18H15N.C18H12.C15H14.C13H13N.C13H9N/c1-3-11-20(12-4-1)23(21-13-5-2-6-14-21)22-16-15-18-9-7-8-10-19(18)17-22;1-4-10-16(11-5-1)19(17-12-6-2-7-13-17)18-14-8-3-9-15-18;1-2-8-14-13(7-1)15-9-3-4-11-17(15)18-12-6-5-10-16(14)18;1-15(2)13-9-5-3-7-11(13)12-8-4-6-10-14(12)15;1-14-12-8-4-2-6-10(12)11-7-3-5-9-13(11)14;1-3-7-12-10(5-1)9-11-6-2-4-8-13(11)14-12/h1-17H;1-15H;1-12H;3-10H,1-2H3;2-6,8-9,11H,7H2,1H3;1-9H. The average Bonchev–Trinajstić information content (AvgIpc) is 1.64. The van der Waals surface area contributed by atoms with E-state index in [1.54, 1.807) is 0 Å². The maximum atomic E-state index is 4.58. The van der Waals surface area contributed by atoms with Gasteiger partial charge in [0.15, 0.2) is 0 Å². The Morgan fingerprint density at radius 2 is 0.650 bits per heavy atom. The van der Waals surface area contributed by atoms with Gasteiger partial charge in [0.05, 0.1) is 11.0 Å². The molecule has 1 atom stereocenters. The summed E-state index contributed by atoms with van der Waals surface area (Å²) in [6, 6.07) is 138. The van der Waals surface area contributed by atoms with Crippen LogP contribution in [0.25, 0.3) is 76.0 Å². The minimum Gasteiger partial charge on any atom is -0.347 e. The van der Waals surface area contributed by atoms with Crippen molar-refractivity contribution in [1.82, 2.24) is 4.98 Å². The van der Waals surface area contributed by atoms with Crippen molar-refractivity contribution in [3.8, 4) is 11.1 Å². The lowest BCUT2D eigenvalue weighted by Crippen LogP contribution is -2.14. The Balaban J connectivity index is 0.000000101. The highest BCUT2D eigenvalue weighted by atomic mass is 15.2. The van der Waals surface area contributed by atoms with Crippen molar-refractivity contribution >= 4 is 105 Å². The molecular weight excluding hydrogens is 1250 g/mol. The molecule has 103 heavy (non-hydrogen) atoms. The van der Waals surface area contributed by atoms with Crippen LogP contribution in [0.1, 0.15) is 42.9 Å². The van der Waals surface area contributed by atoms with Crippen LogP contribution in [-0.4, -0.2) is 12.0 Å². The Hall–Kier alpha value is -12.9. The van der Waals surface area contributed by atoms with Crippen LogP contribution in [0.4, 0.5) is 39.8 Å². The highest BCUT2D eigenvalue weighted by Gasteiger charge is 2.34. The molecular formula is C99H80N4. The fraction of sp³-hybridized carbons (Fsp3) is 0.0606. The summed E-state index contributed by atoms with van der Waals surface area (Å²) in [5, 5.41) is 13.0. The van der Waals surface area contributed by atoms with Crippen molar-refractivity contribution in [3.63, 3.8) is 0 Å². The summed E-state index contributed by atoms with van der Waals surface area (Å²) < 4.78 is 0. The lowest BCUT2D eigenvalue weighted by molar-refractivity contribution is 0.660. The van der Waals surface area contributed by atoms with Crippen LogP contribution in [0.15, 0.2) is 418 Å². The van der Waals surface area contributed by atoms with Gasteiger partial charge in [-0.3, -0.25) is 0 Å². The molecule has 17 aromatic rings. The van der Waals surface area contributed by atoms with Crippen LogP contribution in [0.3, 0.4) is 0 Å². The van der Waals surface area contributed by atoms with Crippen LogP contribution in [-0.2, 0) is 5.41 Å². The fourth-order valence-electron chi connectivity index (χ4n) is 14.8. The van der Waals surface area contributed by atoms with Gasteiger partial charge in [-0.05, 0) is 180 Å². The van der Waals surface area contributed by atoms with Gasteiger partial charge in [0.25, 0.3) is 0 Å². The average molecular weight is 1330 g/mol. The second-order valence-corrected chi connectivity index (χ2v) is 26.5. The molecule has 1 unspecified atom stereocenters. The number of hydrogen-bond donors (Lipinski definition) is 0. The van der Waals surface area contributed by atoms with Crippen LogP contribution in [0.2, 0.25) is 0 Å². The molecule has 0 bridgehead atoms. The molecule has 0 saturated heterocycles. The quantitative estimate of drug-likeness (QED) is 0.122.